The molecule has 0 spiro atoms. The maximum atomic E-state index is 13.5. The summed E-state index contributed by atoms with van der Waals surface area (Å²) >= 11 is 6.60. The van der Waals surface area contributed by atoms with Gasteiger partial charge in [-0.3, -0.25) is 34.2 Å². The van der Waals surface area contributed by atoms with E-state index in [0.29, 0.717) is 47.0 Å². The van der Waals surface area contributed by atoms with Crippen LogP contribution < -0.4 is 36.0 Å². The number of halogens is 1. The van der Waals surface area contributed by atoms with Gasteiger partial charge in [0.15, 0.2) is 18.2 Å². The minimum absolute atomic E-state index is 0.0916. The van der Waals surface area contributed by atoms with Gasteiger partial charge in [-0.25, -0.2) is 4.98 Å². The standard InChI is InChI=1S/C45H53ClN10O7/c1-26(2)56-36-8-6-29(17-28(36)18-38(44(56)61)62-24-40(58)47-3)49-41-35(46)22-48-45(51-41)52-15-11-32(12-16-52)63-33-19-31(20-33)54-14-4-13-53(25-54)30-7-5-27-23-55(43(60)34(27)21-30)37-9-10-39(57)50-42(37)59/h5-8,17-18,21-22,26,31-33,37H,4,9-16,19-20,23-25H2,1-3H3,(H,47,58)(H,48,49,51)(H,50,57,59)/t31-,33-,37?. The number of anilines is 4. The molecule has 0 bridgehead atoms. The number of nitrogens with zero attached hydrogens (tertiary/aromatic N) is 7. The molecule has 5 aliphatic rings. The lowest BCUT2D eigenvalue weighted by Crippen LogP contribution is -2.56. The molecule has 4 aromatic rings. The van der Waals surface area contributed by atoms with Crippen molar-refractivity contribution in [2.45, 2.75) is 95.7 Å². The predicted octanol–water partition coefficient (Wildman–Crippen LogP) is 4.34. The van der Waals surface area contributed by atoms with E-state index in [-0.39, 0.29) is 60.3 Å². The van der Waals surface area contributed by atoms with Crippen molar-refractivity contribution in [1.29, 1.82) is 0 Å². The number of piperidine rings is 2. The topological polar surface area (TPSA) is 184 Å². The lowest BCUT2D eigenvalue weighted by molar-refractivity contribution is -0.137. The first-order chi connectivity index (χ1) is 30.4. The maximum absolute atomic E-state index is 13.5. The largest absolute Gasteiger partial charge is 0.478 e. The van der Waals surface area contributed by atoms with Crippen molar-refractivity contribution in [3.05, 3.63) is 75.2 Å². The number of aromatic nitrogens is 3. The highest BCUT2D eigenvalue weighted by molar-refractivity contribution is 6.33. The number of likely N-dealkylation sites (N-methyl/N-ethyl adjacent to an activating group) is 1. The molecule has 17 nitrogen and oxygen atoms in total. The van der Waals surface area contributed by atoms with Gasteiger partial charge in [-0.15, -0.1) is 0 Å². The van der Waals surface area contributed by atoms with Crippen molar-refractivity contribution in [2.75, 3.05) is 61.6 Å². The molecule has 4 amide bonds. The number of fused-ring (bicyclic) bond motifs is 2. The van der Waals surface area contributed by atoms with E-state index >= 15 is 0 Å². The fourth-order valence-corrected chi connectivity index (χ4v) is 9.59. The second-order valence-corrected chi connectivity index (χ2v) is 17.8. The van der Waals surface area contributed by atoms with Crippen LogP contribution in [0.15, 0.2) is 53.5 Å². The van der Waals surface area contributed by atoms with Gasteiger partial charge in [0, 0.05) is 80.6 Å². The Morgan fingerprint density at radius 3 is 2.54 bits per heavy atom. The van der Waals surface area contributed by atoms with E-state index in [1.165, 1.54) is 7.05 Å². The molecule has 1 saturated carbocycles. The van der Waals surface area contributed by atoms with Gasteiger partial charge < -0.3 is 39.4 Å². The number of nitrogens with one attached hydrogen (secondary N) is 3. The second kappa shape index (κ2) is 17.8. The Morgan fingerprint density at radius 1 is 0.968 bits per heavy atom. The van der Waals surface area contributed by atoms with Crippen LogP contribution in [0.4, 0.5) is 23.1 Å². The molecule has 332 valence electrons. The van der Waals surface area contributed by atoms with Crippen LogP contribution in [-0.2, 0) is 25.7 Å². The van der Waals surface area contributed by atoms with E-state index in [2.05, 4.69) is 41.7 Å². The predicted molar refractivity (Wildman–Crippen MR) is 238 cm³/mol. The summed E-state index contributed by atoms with van der Waals surface area (Å²) in [5.41, 5.74) is 3.70. The lowest BCUT2D eigenvalue weighted by atomic mass is 9.87. The Balaban J connectivity index is 0.764. The average Bonchev–Trinajstić information content (AvgIpc) is 3.59. The van der Waals surface area contributed by atoms with Crippen LogP contribution >= 0.6 is 11.6 Å². The lowest BCUT2D eigenvalue weighted by Gasteiger charge is -2.48. The molecule has 9 rings (SSSR count). The Bertz CT molecular complexity index is 2500. The molecule has 1 unspecified atom stereocenters. The number of imide groups is 1. The van der Waals surface area contributed by atoms with E-state index in [9.17, 15) is 24.0 Å². The number of benzene rings is 2. The van der Waals surface area contributed by atoms with Crippen molar-refractivity contribution >= 4 is 69.3 Å². The van der Waals surface area contributed by atoms with E-state index in [1.54, 1.807) is 21.7 Å². The summed E-state index contributed by atoms with van der Waals surface area (Å²) in [5, 5.41) is 9.34. The Kier molecular flexibility index (Phi) is 12.0. The molecule has 1 aliphatic carbocycles. The molecule has 18 heteroatoms. The number of carbonyl (C=O) groups is 4. The minimum atomic E-state index is -0.619. The maximum Gasteiger partial charge on any atom is 0.293 e. The van der Waals surface area contributed by atoms with Crippen LogP contribution in [0.25, 0.3) is 10.9 Å². The summed E-state index contributed by atoms with van der Waals surface area (Å²) in [6.07, 6.45) is 7.29. The third-order valence-electron chi connectivity index (χ3n) is 13.0. The molecule has 4 aliphatic heterocycles. The van der Waals surface area contributed by atoms with E-state index in [1.807, 2.05) is 44.2 Å². The minimum Gasteiger partial charge on any atom is -0.478 e. The van der Waals surface area contributed by atoms with Crippen LogP contribution in [0.1, 0.15) is 80.8 Å². The molecule has 2 aromatic carbocycles. The van der Waals surface area contributed by atoms with Crippen molar-refractivity contribution < 1.29 is 28.7 Å². The van der Waals surface area contributed by atoms with Crippen LogP contribution in [0.2, 0.25) is 5.02 Å². The van der Waals surface area contributed by atoms with Crippen molar-refractivity contribution in [1.82, 2.24) is 35.0 Å². The molecule has 3 saturated heterocycles. The molecule has 63 heavy (non-hydrogen) atoms. The highest BCUT2D eigenvalue weighted by atomic mass is 35.5. The zero-order valence-electron chi connectivity index (χ0n) is 35.8. The summed E-state index contributed by atoms with van der Waals surface area (Å²) in [6.45, 7) is 8.18. The summed E-state index contributed by atoms with van der Waals surface area (Å²) in [6, 6.07) is 13.0. The molecular formula is C45H53ClN10O7. The summed E-state index contributed by atoms with van der Waals surface area (Å²) in [5.74, 6) is -0.0271. The summed E-state index contributed by atoms with van der Waals surface area (Å²) < 4.78 is 13.9. The monoisotopic (exact) mass is 880 g/mol. The Hall–Kier alpha value is -5.78. The van der Waals surface area contributed by atoms with Crippen molar-refractivity contribution in [2.24, 2.45) is 0 Å². The van der Waals surface area contributed by atoms with E-state index in [0.717, 1.165) is 87.1 Å². The smallest absolute Gasteiger partial charge is 0.293 e. The number of amides is 4. The molecule has 2 aromatic heterocycles. The normalized spacial score (nSPS) is 22.0. The van der Waals surface area contributed by atoms with Gasteiger partial charge in [-0.1, -0.05) is 17.7 Å². The quantitative estimate of drug-likeness (QED) is 0.171. The van der Waals surface area contributed by atoms with Gasteiger partial charge in [0.2, 0.25) is 17.8 Å². The molecule has 4 fully saturated rings. The zero-order chi connectivity index (χ0) is 43.9. The number of carbonyl (C=O) groups excluding carboxylic acids is 4. The highest BCUT2D eigenvalue weighted by Crippen LogP contribution is 2.36. The SMILES string of the molecule is CNC(=O)COc1cc2cc(Nc3nc(N4CCC(O[C@H]5C[C@H](N6CCCN(c7ccc8c(c7)C(=O)N(C7CCC(=O)NC7=O)C8)C6)C5)CC4)ncc3Cl)ccc2n(C(C)C)c1=O. The van der Waals surface area contributed by atoms with Crippen LogP contribution in [0.5, 0.6) is 5.75 Å². The van der Waals surface area contributed by atoms with Crippen LogP contribution in [0, 0.1) is 0 Å². The first-order valence-electron chi connectivity index (χ1n) is 21.9. The number of hydrogen-bond donors (Lipinski definition) is 3. The Labute approximate surface area is 370 Å². The van der Waals surface area contributed by atoms with E-state index in [4.69, 9.17) is 26.1 Å². The Morgan fingerprint density at radius 2 is 1.78 bits per heavy atom. The molecular weight excluding hydrogens is 828 g/mol. The van der Waals surface area contributed by atoms with Gasteiger partial charge in [-0.2, -0.15) is 4.98 Å². The summed E-state index contributed by atoms with van der Waals surface area (Å²) in [7, 11) is 1.51. The van der Waals surface area contributed by atoms with Gasteiger partial charge in [0.1, 0.15) is 11.1 Å². The second-order valence-electron chi connectivity index (χ2n) is 17.4. The highest BCUT2D eigenvalue weighted by Gasteiger charge is 2.41. The average molecular weight is 881 g/mol. The van der Waals surface area contributed by atoms with Gasteiger partial charge in [0.05, 0.1) is 30.6 Å². The van der Waals surface area contributed by atoms with Gasteiger partial charge in [0.25, 0.3) is 17.4 Å². The fourth-order valence-electron chi connectivity index (χ4n) is 9.45. The molecule has 0 radical (unpaired) electrons. The third kappa shape index (κ3) is 8.78. The number of pyridine rings is 1. The number of rotatable bonds is 12. The number of hydrogen-bond acceptors (Lipinski definition) is 13. The molecule has 3 N–H and O–H groups in total. The summed E-state index contributed by atoms with van der Waals surface area (Å²) in [4.78, 5) is 80.7. The molecule has 6 heterocycles. The number of ether oxygens (including phenoxy) is 2. The van der Waals surface area contributed by atoms with E-state index < -0.39 is 11.9 Å². The van der Waals surface area contributed by atoms with Crippen molar-refractivity contribution in [3.8, 4) is 5.75 Å². The first kappa shape index (κ1) is 42.5. The first-order valence-corrected chi connectivity index (χ1v) is 22.3. The third-order valence-corrected chi connectivity index (χ3v) is 13.2. The zero-order valence-corrected chi connectivity index (χ0v) is 36.5. The van der Waals surface area contributed by atoms with Gasteiger partial charge >= 0.3 is 0 Å². The van der Waals surface area contributed by atoms with Crippen molar-refractivity contribution in [3.63, 3.8) is 0 Å². The van der Waals surface area contributed by atoms with Crippen LogP contribution in [-0.4, -0.2) is 119 Å². The fraction of sp³-hybridized carbons (Fsp3) is 0.489. The van der Waals surface area contributed by atoms with Gasteiger partial charge in [-0.05, 0) is 94.3 Å². The molecule has 1 atom stereocenters. The van der Waals surface area contributed by atoms with Crippen LogP contribution in [0.3, 0.4) is 0 Å².